The molecule has 0 aromatic rings. The Morgan fingerprint density at radius 3 is 2.38 bits per heavy atom. The van der Waals surface area contributed by atoms with Gasteiger partial charge >= 0.3 is 13.8 Å². The number of ketones is 1. The number of aliphatic carboxylic acids is 1. The van der Waals surface area contributed by atoms with Crippen LogP contribution in [-0.4, -0.2) is 52.5 Å². The van der Waals surface area contributed by atoms with Gasteiger partial charge in [-0.05, 0) is 0 Å². The summed E-state index contributed by atoms with van der Waals surface area (Å²) in [4.78, 5) is 39.5. The van der Waals surface area contributed by atoms with Gasteiger partial charge in [-0.15, -0.1) is 0 Å². The fraction of sp³-hybridized carbons (Fsp3) is 0.500. The van der Waals surface area contributed by atoms with Gasteiger partial charge in [-0.1, -0.05) is 0 Å². The van der Waals surface area contributed by atoms with Crippen LogP contribution in [0.15, 0.2) is 0 Å². The van der Waals surface area contributed by atoms with E-state index in [1.165, 1.54) is 0 Å². The van der Waals surface area contributed by atoms with Gasteiger partial charge in [0.05, 0.1) is 6.61 Å². The van der Waals surface area contributed by atoms with Crippen molar-refractivity contribution in [2.24, 2.45) is 0 Å². The van der Waals surface area contributed by atoms with Crippen LogP contribution in [0.4, 0.5) is 0 Å². The average Bonchev–Trinajstić information content (AvgIpc) is 2.22. The third kappa shape index (κ3) is 5.69. The summed E-state index contributed by atoms with van der Waals surface area (Å²) in [6.45, 7) is -2.04. The number of aliphatic hydroxyl groups excluding tert-OH is 1. The van der Waals surface area contributed by atoms with Crippen molar-refractivity contribution in [2.45, 2.75) is 6.10 Å². The van der Waals surface area contributed by atoms with Crippen molar-refractivity contribution < 1.29 is 43.1 Å². The van der Waals surface area contributed by atoms with Crippen LogP contribution in [0.1, 0.15) is 0 Å². The number of rotatable bonds is 8. The highest BCUT2D eigenvalue weighted by molar-refractivity contribution is 7.47. The maximum absolute atomic E-state index is 11.0. The zero-order chi connectivity index (χ0) is 12.8. The van der Waals surface area contributed by atoms with Crippen LogP contribution in [0, 0.1) is 0 Å². The molecule has 3 N–H and O–H groups in total. The van der Waals surface area contributed by atoms with Crippen LogP contribution in [0.2, 0.25) is 0 Å². The van der Waals surface area contributed by atoms with Crippen molar-refractivity contribution >= 4 is 25.9 Å². The Kier molecular flexibility index (Phi) is 6.01. The third-order valence-corrected chi connectivity index (χ3v) is 2.19. The first-order valence-electron chi connectivity index (χ1n) is 3.80. The van der Waals surface area contributed by atoms with E-state index in [0.717, 1.165) is 0 Å². The Bertz CT molecular complexity index is 324. The predicted octanol–water partition coefficient (Wildman–Crippen LogP) is -1.67. The Balaban J connectivity index is 4.25. The molecule has 0 aliphatic heterocycles. The SMILES string of the molecule is O=CC(CO)OP(=O)(O)OCC(=O)C(=O)O. The van der Waals surface area contributed by atoms with E-state index in [2.05, 4.69) is 9.05 Å². The molecule has 0 spiro atoms. The van der Waals surface area contributed by atoms with Crippen molar-refractivity contribution in [3.8, 4) is 0 Å². The fourth-order valence-electron chi connectivity index (χ4n) is 0.505. The van der Waals surface area contributed by atoms with Gasteiger partial charge in [0.1, 0.15) is 12.7 Å². The van der Waals surface area contributed by atoms with Gasteiger partial charge in [0.25, 0.3) is 5.78 Å². The quantitative estimate of drug-likeness (QED) is 0.263. The Labute approximate surface area is 89.2 Å². The number of phosphoric acid groups is 1. The molecule has 10 heteroatoms. The van der Waals surface area contributed by atoms with E-state index in [1.54, 1.807) is 0 Å². The van der Waals surface area contributed by atoms with Crippen LogP contribution in [0.3, 0.4) is 0 Å². The molecule has 0 aliphatic carbocycles. The van der Waals surface area contributed by atoms with E-state index < -0.39 is 38.9 Å². The monoisotopic (exact) mass is 256 g/mol. The Morgan fingerprint density at radius 1 is 1.44 bits per heavy atom. The van der Waals surface area contributed by atoms with Gasteiger partial charge in [0.2, 0.25) is 0 Å². The smallest absolute Gasteiger partial charge is 0.473 e. The standard InChI is InChI=1S/C6H9O9P/c7-1-4(2-8)15-16(12,13)14-3-5(9)6(10)11/h1,4,8H,2-3H2,(H,10,11)(H,12,13). The minimum atomic E-state index is -4.75. The molecule has 0 saturated carbocycles. The molecule has 92 valence electrons. The van der Waals surface area contributed by atoms with Crippen molar-refractivity contribution in [3.63, 3.8) is 0 Å². The largest absolute Gasteiger partial charge is 0.475 e. The minimum absolute atomic E-state index is 0.0469. The Morgan fingerprint density at radius 2 is 2.00 bits per heavy atom. The highest BCUT2D eigenvalue weighted by atomic mass is 31.2. The summed E-state index contributed by atoms with van der Waals surface area (Å²) < 4.78 is 19.0. The third-order valence-electron chi connectivity index (χ3n) is 1.20. The maximum Gasteiger partial charge on any atom is 0.473 e. The molecule has 2 atom stereocenters. The zero-order valence-electron chi connectivity index (χ0n) is 7.81. The van der Waals surface area contributed by atoms with E-state index in [1.807, 2.05) is 0 Å². The topological polar surface area (TPSA) is 147 Å². The highest BCUT2D eigenvalue weighted by Gasteiger charge is 2.28. The molecule has 0 fully saturated rings. The van der Waals surface area contributed by atoms with Gasteiger partial charge in [-0.2, -0.15) is 0 Å². The molecular formula is C6H9O9P. The van der Waals surface area contributed by atoms with Crippen molar-refractivity contribution in [2.75, 3.05) is 13.2 Å². The second-order valence-corrected chi connectivity index (χ2v) is 3.84. The zero-order valence-corrected chi connectivity index (χ0v) is 8.70. The highest BCUT2D eigenvalue weighted by Crippen LogP contribution is 2.44. The number of hydrogen-bond acceptors (Lipinski definition) is 7. The van der Waals surface area contributed by atoms with E-state index in [4.69, 9.17) is 15.1 Å². The second kappa shape index (κ2) is 6.46. The first-order valence-corrected chi connectivity index (χ1v) is 5.30. The molecule has 0 bridgehead atoms. The van der Waals surface area contributed by atoms with E-state index in [0.29, 0.717) is 0 Å². The summed E-state index contributed by atoms with van der Waals surface area (Å²) in [5, 5.41) is 16.6. The molecule has 0 radical (unpaired) electrons. The fourth-order valence-corrected chi connectivity index (χ4v) is 1.30. The molecule has 0 heterocycles. The van der Waals surface area contributed by atoms with E-state index in [-0.39, 0.29) is 6.29 Å². The van der Waals surface area contributed by atoms with Crippen LogP contribution in [-0.2, 0) is 28.0 Å². The number of carboxylic acids is 1. The number of Topliss-reactive ketones (excluding diaryl/α,β-unsaturated/α-hetero) is 1. The first-order chi connectivity index (χ1) is 7.32. The van der Waals surface area contributed by atoms with Crippen molar-refractivity contribution in [3.05, 3.63) is 0 Å². The summed E-state index contributed by atoms with van der Waals surface area (Å²) in [6.07, 6.45) is -1.54. The van der Waals surface area contributed by atoms with Crippen molar-refractivity contribution in [1.82, 2.24) is 0 Å². The van der Waals surface area contributed by atoms with E-state index in [9.17, 15) is 18.9 Å². The molecule has 0 saturated heterocycles. The number of phosphoric ester groups is 1. The first kappa shape index (κ1) is 14.9. The van der Waals surface area contributed by atoms with Gasteiger partial charge in [0, 0.05) is 0 Å². The van der Waals surface area contributed by atoms with Crippen LogP contribution < -0.4 is 0 Å². The van der Waals surface area contributed by atoms with Crippen molar-refractivity contribution in [1.29, 1.82) is 0 Å². The summed E-state index contributed by atoms with van der Waals surface area (Å²) in [5.41, 5.74) is 0. The maximum atomic E-state index is 11.0. The lowest BCUT2D eigenvalue weighted by Crippen LogP contribution is -2.21. The summed E-state index contributed by atoms with van der Waals surface area (Å²) in [5.74, 6) is -3.29. The lowest BCUT2D eigenvalue weighted by molar-refractivity contribution is -0.150. The predicted molar refractivity (Wildman–Crippen MR) is 46.4 cm³/mol. The number of carboxylic acid groups (broad SMARTS) is 1. The van der Waals surface area contributed by atoms with Gasteiger partial charge in [-0.3, -0.25) is 13.8 Å². The molecule has 0 rings (SSSR count). The van der Waals surface area contributed by atoms with Gasteiger partial charge in [0.15, 0.2) is 6.29 Å². The molecule has 0 amide bonds. The molecule has 0 aliphatic rings. The number of aldehydes is 1. The van der Waals surface area contributed by atoms with Gasteiger partial charge in [-0.25, -0.2) is 9.36 Å². The van der Waals surface area contributed by atoms with Gasteiger partial charge < -0.3 is 19.9 Å². The molecule has 9 nitrogen and oxygen atoms in total. The second-order valence-electron chi connectivity index (χ2n) is 2.43. The van der Waals surface area contributed by atoms with E-state index >= 15 is 0 Å². The summed E-state index contributed by atoms with van der Waals surface area (Å²) in [6, 6.07) is 0. The minimum Gasteiger partial charge on any atom is -0.475 e. The number of carbonyl (C=O) groups excluding carboxylic acids is 2. The molecule has 0 aromatic heterocycles. The summed E-state index contributed by atoms with van der Waals surface area (Å²) in [7, 11) is -4.75. The average molecular weight is 256 g/mol. The summed E-state index contributed by atoms with van der Waals surface area (Å²) >= 11 is 0. The van der Waals surface area contributed by atoms with Crippen LogP contribution >= 0.6 is 7.82 Å². The lowest BCUT2D eigenvalue weighted by atomic mass is 10.4. The lowest BCUT2D eigenvalue weighted by Gasteiger charge is -2.13. The van der Waals surface area contributed by atoms with Crippen LogP contribution in [0.25, 0.3) is 0 Å². The molecule has 2 unspecified atom stereocenters. The number of carbonyl (C=O) groups is 3. The normalized spacial score (nSPS) is 16.1. The molecular weight excluding hydrogens is 247 g/mol. The molecule has 0 aromatic carbocycles. The number of hydrogen-bond donors (Lipinski definition) is 3. The Hall–Kier alpha value is -1.12. The molecule has 16 heavy (non-hydrogen) atoms. The van der Waals surface area contributed by atoms with Crippen LogP contribution in [0.5, 0.6) is 0 Å². The number of aliphatic hydroxyl groups is 1.